The van der Waals surface area contributed by atoms with E-state index in [1.807, 2.05) is 31.2 Å². The summed E-state index contributed by atoms with van der Waals surface area (Å²) >= 11 is 0. The van der Waals surface area contributed by atoms with Crippen molar-refractivity contribution < 1.29 is 32.5 Å². The molecule has 0 aliphatic carbocycles. The lowest BCUT2D eigenvalue weighted by atomic mass is 10.2. The molecule has 9 heteroatoms. The summed E-state index contributed by atoms with van der Waals surface area (Å²) in [4.78, 5) is 14.5. The number of aliphatic hydroxyl groups is 1. The van der Waals surface area contributed by atoms with E-state index >= 15 is 0 Å². The first-order valence-electron chi connectivity index (χ1n) is 10.5. The van der Waals surface area contributed by atoms with E-state index in [9.17, 15) is 18.3 Å². The van der Waals surface area contributed by atoms with Crippen LogP contribution >= 0.6 is 0 Å². The predicted octanol–water partition coefficient (Wildman–Crippen LogP) is 2.36. The highest BCUT2D eigenvalue weighted by Gasteiger charge is 2.34. The summed E-state index contributed by atoms with van der Waals surface area (Å²) in [5.74, 6) is 0.837. The lowest BCUT2D eigenvalue weighted by Gasteiger charge is -2.20. The number of nitrogens with zero attached hydrogens (tertiary/aromatic N) is 1. The van der Waals surface area contributed by atoms with E-state index in [0.717, 1.165) is 5.56 Å². The minimum atomic E-state index is -3.31. The number of amides is 1. The van der Waals surface area contributed by atoms with E-state index in [2.05, 4.69) is 0 Å². The maximum absolute atomic E-state index is 12.9. The van der Waals surface area contributed by atoms with Crippen molar-refractivity contribution in [1.82, 2.24) is 0 Å². The number of aryl methyl sites for hydroxylation is 1. The zero-order chi connectivity index (χ0) is 23.3. The molecule has 0 saturated carbocycles. The zero-order valence-electron chi connectivity index (χ0n) is 18.5. The second kappa shape index (κ2) is 10.2. The van der Waals surface area contributed by atoms with Crippen LogP contribution in [0.3, 0.4) is 0 Å². The van der Waals surface area contributed by atoms with Gasteiger partial charge in [-0.25, -0.2) is 8.42 Å². The molecule has 2 aromatic carbocycles. The molecule has 0 radical (unpaired) electrons. The Bertz CT molecular complexity index is 1040. The van der Waals surface area contributed by atoms with Gasteiger partial charge in [0.1, 0.15) is 18.5 Å². The second-order valence-electron chi connectivity index (χ2n) is 7.70. The first-order valence-corrected chi connectivity index (χ1v) is 12.3. The number of ether oxygens (including phenoxy) is 3. The van der Waals surface area contributed by atoms with Gasteiger partial charge >= 0.3 is 0 Å². The quantitative estimate of drug-likeness (QED) is 0.577. The fourth-order valence-corrected chi connectivity index (χ4v) is 4.31. The predicted molar refractivity (Wildman–Crippen MR) is 121 cm³/mol. The Labute approximate surface area is 188 Å². The molecule has 1 heterocycles. The summed E-state index contributed by atoms with van der Waals surface area (Å²) in [6, 6.07) is 12.6. The Hall–Kier alpha value is -2.78. The number of carbonyl (C=O) groups excluding carboxylic acids is 1. The fraction of sp³-hybridized carbons (Fsp3) is 0.435. The van der Waals surface area contributed by atoms with Crippen LogP contribution in [0.25, 0.3) is 0 Å². The van der Waals surface area contributed by atoms with Gasteiger partial charge in [0.2, 0.25) is 0 Å². The van der Waals surface area contributed by atoms with Crippen molar-refractivity contribution in [3.05, 3.63) is 48.0 Å². The van der Waals surface area contributed by atoms with Gasteiger partial charge in [-0.15, -0.1) is 0 Å². The summed E-state index contributed by atoms with van der Waals surface area (Å²) in [7, 11) is -1.84. The summed E-state index contributed by atoms with van der Waals surface area (Å²) in [6.07, 6.45) is -1.15. The lowest BCUT2D eigenvalue weighted by Crippen LogP contribution is -2.32. The van der Waals surface area contributed by atoms with E-state index in [1.54, 1.807) is 23.1 Å². The first-order chi connectivity index (χ1) is 15.2. The molecule has 174 valence electrons. The van der Waals surface area contributed by atoms with Crippen LogP contribution in [0.15, 0.2) is 42.5 Å². The Kier molecular flexibility index (Phi) is 7.63. The Morgan fingerprint density at radius 2 is 1.88 bits per heavy atom. The van der Waals surface area contributed by atoms with Gasteiger partial charge in [0, 0.05) is 30.5 Å². The number of methoxy groups -OCH3 is 1. The minimum absolute atomic E-state index is 0.0411. The van der Waals surface area contributed by atoms with E-state index in [4.69, 9.17) is 14.2 Å². The number of aliphatic hydroxyl groups excluding tert-OH is 1. The molecular formula is C23H29NO7S. The summed E-state index contributed by atoms with van der Waals surface area (Å²) in [5, 5.41) is 9.96. The molecule has 1 amide bonds. The van der Waals surface area contributed by atoms with Gasteiger partial charge < -0.3 is 24.2 Å². The average Bonchev–Trinajstić information content (AvgIpc) is 3.13. The SMILES string of the molecule is CCS(=O)(=O)C[C@H](O)COc1ccc(N2CCC(Oc3ccc(C)cc3)C2=O)cc1OC. The number of carbonyl (C=O) groups is 1. The molecule has 0 aromatic heterocycles. The van der Waals surface area contributed by atoms with Crippen molar-refractivity contribution in [2.75, 3.05) is 36.7 Å². The molecule has 0 bridgehead atoms. The van der Waals surface area contributed by atoms with Crippen molar-refractivity contribution >= 4 is 21.4 Å². The summed E-state index contributed by atoms with van der Waals surface area (Å²) < 4.78 is 40.1. The van der Waals surface area contributed by atoms with Gasteiger partial charge in [0.25, 0.3) is 5.91 Å². The van der Waals surface area contributed by atoms with Crippen LogP contribution in [0.5, 0.6) is 17.2 Å². The second-order valence-corrected chi connectivity index (χ2v) is 10.1. The van der Waals surface area contributed by atoms with Crippen LogP contribution in [0, 0.1) is 6.92 Å². The van der Waals surface area contributed by atoms with Crippen molar-refractivity contribution in [3.63, 3.8) is 0 Å². The molecule has 1 aliphatic rings. The van der Waals surface area contributed by atoms with Gasteiger partial charge in [-0.1, -0.05) is 24.6 Å². The summed E-state index contributed by atoms with van der Waals surface area (Å²) in [6.45, 7) is 3.83. The third-order valence-corrected chi connectivity index (χ3v) is 7.00. The molecule has 1 aliphatic heterocycles. The van der Waals surface area contributed by atoms with Crippen LogP contribution in [0.4, 0.5) is 5.69 Å². The van der Waals surface area contributed by atoms with Crippen LogP contribution in [-0.4, -0.2) is 63.4 Å². The van der Waals surface area contributed by atoms with Gasteiger partial charge in [0.15, 0.2) is 27.4 Å². The topological polar surface area (TPSA) is 102 Å². The highest BCUT2D eigenvalue weighted by Crippen LogP contribution is 2.34. The van der Waals surface area contributed by atoms with Crippen molar-refractivity contribution in [1.29, 1.82) is 0 Å². The van der Waals surface area contributed by atoms with E-state index < -0.39 is 22.0 Å². The monoisotopic (exact) mass is 463 g/mol. The number of anilines is 1. The molecule has 3 rings (SSSR count). The molecule has 2 atom stereocenters. The molecule has 8 nitrogen and oxygen atoms in total. The molecular weight excluding hydrogens is 434 g/mol. The van der Waals surface area contributed by atoms with Crippen molar-refractivity contribution in [2.24, 2.45) is 0 Å². The van der Waals surface area contributed by atoms with Crippen LogP contribution in [0.2, 0.25) is 0 Å². The normalized spacial score (nSPS) is 17.3. The van der Waals surface area contributed by atoms with E-state index in [0.29, 0.717) is 35.9 Å². The summed E-state index contributed by atoms with van der Waals surface area (Å²) in [5.41, 5.74) is 1.76. The van der Waals surface area contributed by atoms with Crippen LogP contribution in [-0.2, 0) is 14.6 Å². The maximum Gasteiger partial charge on any atom is 0.268 e. The number of benzene rings is 2. The zero-order valence-corrected chi connectivity index (χ0v) is 19.3. The molecule has 1 N–H and O–H groups in total. The molecule has 2 aromatic rings. The van der Waals surface area contributed by atoms with E-state index in [1.165, 1.54) is 14.0 Å². The first kappa shape index (κ1) is 23.9. The number of hydrogen-bond donors (Lipinski definition) is 1. The van der Waals surface area contributed by atoms with Crippen molar-refractivity contribution in [3.8, 4) is 17.2 Å². The maximum atomic E-state index is 12.9. The van der Waals surface area contributed by atoms with Crippen LogP contribution in [0.1, 0.15) is 18.9 Å². The number of rotatable bonds is 10. The van der Waals surface area contributed by atoms with Gasteiger partial charge in [-0.3, -0.25) is 4.79 Å². The number of hydrogen-bond acceptors (Lipinski definition) is 7. The molecule has 1 unspecified atom stereocenters. The van der Waals surface area contributed by atoms with Gasteiger partial charge in [-0.05, 0) is 31.2 Å². The number of sulfone groups is 1. The third kappa shape index (κ3) is 5.92. The minimum Gasteiger partial charge on any atom is -0.493 e. The molecule has 1 saturated heterocycles. The Balaban J connectivity index is 1.65. The van der Waals surface area contributed by atoms with Gasteiger partial charge in [0.05, 0.1) is 12.9 Å². The smallest absolute Gasteiger partial charge is 0.268 e. The molecule has 0 spiro atoms. The molecule has 32 heavy (non-hydrogen) atoms. The largest absolute Gasteiger partial charge is 0.493 e. The van der Waals surface area contributed by atoms with E-state index in [-0.39, 0.29) is 24.0 Å². The Morgan fingerprint density at radius 3 is 2.53 bits per heavy atom. The average molecular weight is 464 g/mol. The molecule has 1 fully saturated rings. The Morgan fingerprint density at radius 1 is 1.16 bits per heavy atom. The van der Waals surface area contributed by atoms with Crippen molar-refractivity contribution in [2.45, 2.75) is 32.5 Å². The lowest BCUT2D eigenvalue weighted by molar-refractivity contribution is -0.122. The highest BCUT2D eigenvalue weighted by molar-refractivity contribution is 7.91. The third-order valence-electron chi connectivity index (χ3n) is 5.23. The highest BCUT2D eigenvalue weighted by atomic mass is 32.2. The standard InChI is InChI=1S/C23H29NO7S/c1-4-32(27,28)15-18(25)14-30-20-10-7-17(13-22(20)29-3)24-12-11-21(23(24)26)31-19-8-5-16(2)6-9-19/h5-10,13,18,21,25H,4,11-12,14-15H2,1-3H3/t18-,21?/m1/s1. The van der Waals surface area contributed by atoms with Crippen LogP contribution < -0.4 is 19.1 Å². The fourth-order valence-electron chi connectivity index (χ4n) is 3.39. The van der Waals surface area contributed by atoms with Gasteiger partial charge in [-0.2, -0.15) is 0 Å².